The molecule has 10 heavy (non-hydrogen) atoms. The van der Waals surface area contributed by atoms with Gasteiger partial charge >= 0.3 is 0 Å². The monoisotopic (exact) mass is 156 g/mol. The van der Waals surface area contributed by atoms with E-state index in [1.54, 1.807) is 23.6 Å². The van der Waals surface area contributed by atoms with Gasteiger partial charge < -0.3 is 4.74 Å². The number of allylic oxidation sites excluding steroid dienone is 4. The molecule has 1 unspecified atom stereocenters. The summed E-state index contributed by atoms with van der Waals surface area (Å²) in [6.45, 7) is 0. The van der Waals surface area contributed by atoms with Crippen molar-refractivity contribution in [3.05, 3.63) is 34.8 Å². The van der Waals surface area contributed by atoms with Crippen molar-refractivity contribution in [2.24, 2.45) is 0 Å². The minimum absolute atomic E-state index is 0.491. The molecular formula is C7H8O2S. The number of ether oxygens (including phenoxy) is 1. The molecule has 0 aliphatic carbocycles. The highest BCUT2D eigenvalue weighted by molar-refractivity contribution is 7.91. The maximum absolute atomic E-state index is 11.0. The summed E-state index contributed by atoms with van der Waals surface area (Å²) >= 11 is 0. The molecule has 0 aromatic rings. The Kier molecular flexibility index (Phi) is 2.45. The van der Waals surface area contributed by atoms with Crippen molar-refractivity contribution < 1.29 is 8.95 Å². The number of hydrogen-bond acceptors (Lipinski definition) is 2. The van der Waals surface area contributed by atoms with E-state index < -0.39 is 10.8 Å². The molecule has 0 amide bonds. The molecule has 0 fully saturated rings. The first-order chi connectivity index (χ1) is 4.84. The zero-order valence-corrected chi connectivity index (χ0v) is 6.43. The van der Waals surface area contributed by atoms with Gasteiger partial charge in [-0.15, -0.1) is 0 Å². The summed E-state index contributed by atoms with van der Waals surface area (Å²) in [5, 5.41) is 2.07. The van der Waals surface area contributed by atoms with Gasteiger partial charge in [0.25, 0.3) is 0 Å². The summed E-state index contributed by atoms with van der Waals surface area (Å²) in [7, 11) is 0.411. The maximum atomic E-state index is 11.0. The van der Waals surface area contributed by atoms with Crippen LogP contribution in [0.5, 0.6) is 0 Å². The fraction of sp³-hybridized carbons (Fsp3) is 0.143. The fourth-order valence-electron chi connectivity index (χ4n) is 0.599. The van der Waals surface area contributed by atoms with Gasteiger partial charge in [-0.25, -0.2) is 4.21 Å². The van der Waals surface area contributed by atoms with E-state index in [1.807, 2.05) is 6.08 Å². The summed E-state index contributed by atoms with van der Waals surface area (Å²) in [4.78, 5) is 0. The molecule has 0 spiro atoms. The van der Waals surface area contributed by atoms with Gasteiger partial charge in [-0.1, -0.05) is 18.2 Å². The molecule has 0 aromatic heterocycles. The topological polar surface area (TPSA) is 26.3 Å². The van der Waals surface area contributed by atoms with Crippen LogP contribution in [0.2, 0.25) is 0 Å². The molecule has 54 valence electrons. The van der Waals surface area contributed by atoms with E-state index in [1.165, 1.54) is 7.11 Å². The molecule has 0 aromatic carbocycles. The predicted molar refractivity (Wildman–Crippen MR) is 41.5 cm³/mol. The van der Waals surface area contributed by atoms with Crippen LogP contribution < -0.4 is 0 Å². The van der Waals surface area contributed by atoms with Crippen molar-refractivity contribution in [2.45, 2.75) is 0 Å². The van der Waals surface area contributed by atoms with Gasteiger partial charge in [-0.3, -0.25) is 0 Å². The van der Waals surface area contributed by atoms with E-state index in [-0.39, 0.29) is 0 Å². The van der Waals surface area contributed by atoms with Gasteiger partial charge in [-0.05, 0) is 6.08 Å². The van der Waals surface area contributed by atoms with Crippen molar-refractivity contribution in [3.8, 4) is 0 Å². The van der Waals surface area contributed by atoms with Crippen molar-refractivity contribution >= 4 is 10.8 Å². The Bertz CT molecular complexity index is 226. The Morgan fingerprint density at radius 2 is 2.20 bits per heavy atom. The van der Waals surface area contributed by atoms with Crippen LogP contribution in [0.25, 0.3) is 0 Å². The lowest BCUT2D eigenvalue weighted by Gasteiger charge is -1.98. The normalized spacial score (nSPS) is 23.7. The Labute approximate surface area is 62.3 Å². The molecule has 0 saturated carbocycles. The van der Waals surface area contributed by atoms with E-state index in [2.05, 4.69) is 0 Å². The van der Waals surface area contributed by atoms with E-state index in [9.17, 15) is 4.21 Å². The summed E-state index contributed by atoms with van der Waals surface area (Å²) in [6, 6.07) is 0. The molecule has 1 aliphatic rings. The van der Waals surface area contributed by atoms with Crippen LogP contribution in [0.3, 0.4) is 0 Å². The van der Waals surface area contributed by atoms with Gasteiger partial charge in [0, 0.05) is 5.41 Å². The van der Waals surface area contributed by atoms with E-state index in [4.69, 9.17) is 4.74 Å². The molecule has 2 nitrogen and oxygen atoms in total. The molecule has 0 N–H and O–H groups in total. The van der Waals surface area contributed by atoms with Gasteiger partial charge in [0.15, 0.2) is 5.09 Å². The lowest BCUT2D eigenvalue weighted by atomic mass is 10.5. The second-order valence-corrected chi connectivity index (χ2v) is 2.97. The first-order valence-electron chi connectivity index (χ1n) is 2.84. The van der Waals surface area contributed by atoms with Crippen molar-refractivity contribution in [1.29, 1.82) is 0 Å². The Morgan fingerprint density at radius 1 is 1.40 bits per heavy atom. The summed E-state index contributed by atoms with van der Waals surface area (Å²) in [6.07, 6.45) is 7.03. The molecule has 3 heteroatoms. The average Bonchev–Trinajstić information content (AvgIpc) is 2.13. The highest BCUT2D eigenvalue weighted by Crippen LogP contribution is 2.07. The van der Waals surface area contributed by atoms with Crippen LogP contribution in [0.1, 0.15) is 0 Å². The second kappa shape index (κ2) is 3.37. The predicted octanol–water partition coefficient (Wildman–Crippen LogP) is 1.31. The lowest BCUT2D eigenvalue weighted by Crippen LogP contribution is -1.91. The molecular weight excluding hydrogens is 148 g/mol. The molecule has 1 heterocycles. The standard InChI is InChI=1S/C7H8O2S/c1-9-7-5-3-2-4-6-10(7)8/h2-6H,1H3. The third-order valence-corrected chi connectivity index (χ3v) is 2.16. The zero-order chi connectivity index (χ0) is 7.40. The summed E-state index contributed by atoms with van der Waals surface area (Å²) in [5.41, 5.74) is 0. The molecule has 0 radical (unpaired) electrons. The van der Waals surface area contributed by atoms with Crippen molar-refractivity contribution in [3.63, 3.8) is 0 Å². The van der Waals surface area contributed by atoms with Gasteiger partial charge in [-0.2, -0.15) is 0 Å². The third kappa shape index (κ3) is 1.57. The Hall–Kier alpha value is -0.830. The fourth-order valence-corrected chi connectivity index (χ4v) is 1.34. The van der Waals surface area contributed by atoms with Crippen molar-refractivity contribution in [2.75, 3.05) is 7.11 Å². The molecule has 1 rings (SSSR count). The lowest BCUT2D eigenvalue weighted by molar-refractivity contribution is 0.322. The zero-order valence-electron chi connectivity index (χ0n) is 5.61. The van der Waals surface area contributed by atoms with Crippen LogP contribution >= 0.6 is 0 Å². The number of rotatable bonds is 1. The minimum atomic E-state index is -1.10. The highest BCUT2D eigenvalue weighted by Gasteiger charge is 2.02. The highest BCUT2D eigenvalue weighted by atomic mass is 32.2. The van der Waals surface area contributed by atoms with Gasteiger partial charge in [0.05, 0.1) is 7.11 Å². The molecule has 0 bridgehead atoms. The van der Waals surface area contributed by atoms with Gasteiger partial charge in [0.2, 0.25) is 0 Å². The molecule has 0 saturated heterocycles. The maximum Gasteiger partial charge on any atom is 0.187 e. The first-order valence-corrected chi connectivity index (χ1v) is 4.05. The quantitative estimate of drug-likeness (QED) is 0.572. The van der Waals surface area contributed by atoms with E-state index >= 15 is 0 Å². The SMILES string of the molecule is COC1=CC=CC=CS1=O. The molecule has 1 atom stereocenters. The third-order valence-electron chi connectivity index (χ3n) is 1.06. The van der Waals surface area contributed by atoms with E-state index in [0.717, 1.165) is 0 Å². The smallest absolute Gasteiger partial charge is 0.187 e. The number of methoxy groups -OCH3 is 1. The number of hydrogen-bond donors (Lipinski definition) is 0. The average molecular weight is 156 g/mol. The minimum Gasteiger partial charge on any atom is -0.488 e. The Morgan fingerprint density at radius 3 is 2.90 bits per heavy atom. The molecule has 1 aliphatic heterocycles. The van der Waals surface area contributed by atoms with Gasteiger partial charge in [0.1, 0.15) is 10.8 Å². The van der Waals surface area contributed by atoms with Crippen molar-refractivity contribution in [1.82, 2.24) is 0 Å². The summed E-state index contributed by atoms with van der Waals surface area (Å²) < 4.78 is 15.9. The second-order valence-electron chi connectivity index (χ2n) is 1.70. The van der Waals surface area contributed by atoms with Crippen LogP contribution in [-0.2, 0) is 15.5 Å². The van der Waals surface area contributed by atoms with E-state index in [0.29, 0.717) is 5.09 Å². The van der Waals surface area contributed by atoms with Crippen LogP contribution in [0, 0.1) is 0 Å². The Balaban J connectivity index is 2.87. The largest absolute Gasteiger partial charge is 0.488 e. The van der Waals surface area contributed by atoms with Crippen LogP contribution in [0.4, 0.5) is 0 Å². The first kappa shape index (κ1) is 7.28. The van der Waals surface area contributed by atoms with Crippen LogP contribution in [0.15, 0.2) is 34.8 Å². The van der Waals surface area contributed by atoms with Crippen LogP contribution in [-0.4, -0.2) is 11.3 Å². The summed E-state index contributed by atoms with van der Waals surface area (Å²) in [5.74, 6) is 0.